The van der Waals surface area contributed by atoms with E-state index in [1.165, 1.54) is 6.07 Å². The van der Waals surface area contributed by atoms with Crippen molar-refractivity contribution in [2.24, 2.45) is 0 Å². The van der Waals surface area contributed by atoms with Crippen LogP contribution in [-0.4, -0.2) is 35.1 Å². The maximum absolute atomic E-state index is 13.4. The Kier molecular flexibility index (Phi) is 5.81. The number of carbonyl (C=O) groups excluding carboxylic acids is 1. The van der Waals surface area contributed by atoms with Gasteiger partial charge in [0.25, 0.3) is 5.91 Å². The van der Waals surface area contributed by atoms with Crippen molar-refractivity contribution >= 4 is 29.1 Å². The second-order valence-electron chi connectivity index (χ2n) is 5.93. The van der Waals surface area contributed by atoms with Crippen molar-refractivity contribution in [1.82, 2.24) is 15.3 Å². The van der Waals surface area contributed by atoms with Crippen molar-refractivity contribution < 1.29 is 22.7 Å². The van der Waals surface area contributed by atoms with Crippen molar-refractivity contribution in [2.45, 2.75) is 25.1 Å². The summed E-state index contributed by atoms with van der Waals surface area (Å²) in [6, 6.07) is 6.36. The van der Waals surface area contributed by atoms with Gasteiger partial charge >= 0.3 is 6.18 Å². The lowest BCUT2D eigenvalue weighted by molar-refractivity contribution is -0.141. The van der Waals surface area contributed by atoms with Gasteiger partial charge in [-0.1, -0.05) is 17.7 Å². The fraction of sp³-hybridized carbons (Fsp3) is 0.353. The Hall–Kier alpha value is -2.39. The van der Waals surface area contributed by atoms with Crippen molar-refractivity contribution in [2.75, 3.05) is 18.5 Å². The number of benzene rings is 1. The highest BCUT2D eigenvalue weighted by atomic mass is 35.5. The summed E-state index contributed by atoms with van der Waals surface area (Å²) < 4.78 is 45.5. The molecule has 2 N–H and O–H groups in total. The minimum absolute atomic E-state index is 0.138. The van der Waals surface area contributed by atoms with Gasteiger partial charge in [0, 0.05) is 30.1 Å². The van der Waals surface area contributed by atoms with Gasteiger partial charge in [0.2, 0.25) is 5.95 Å². The molecule has 1 atom stereocenters. The SMILES string of the molecule is O=C(NC[C@@H]1CCCO1)c1cnc(Nc2cccc(Cl)c2)nc1C(F)(F)F. The lowest BCUT2D eigenvalue weighted by Gasteiger charge is -2.15. The fourth-order valence-corrected chi connectivity index (χ4v) is 2.82. The van der Waals surface area contributed by atoms with Crippen LogP contribution in [0.5, 0.6) is 0 Å². The normalized spacial score (nSPS) is 17.0. The molecule has 0 radical (unpaired) electrons. The Morgan fingerprint density at radius 3 is 2.85 bits per heavy atom. The van der Waals surface area contributed by atoms with E-state index in [4.69, 9.17) is 16.3 Å². The van der Waals surface area contributed by atoms with Gasteiger partial charge in [0.05, 0.1) is 11.7 Å². The Morgan fingerprint density at radius 2 is 2.19 bits per heavy atom. The topological polar surface area (TPSA) is 76.1 Å². The highest BCUT2D eigenvalue weighted by Crippen LogP contribution is 2.31. The molecule has 1 amide bonds. The summed E-state index contributed by atoms with van der Waals surface area (Å²) in [6.45, 7) is 0.722. The van der Waals surface area contributed by atoms with Crippen LogP contribution in [0.15, 0.2) is 30.5 Å². The van der Waals surface area contributed by atoms with E-state index < -0.39 is 23.3 Å². The van der Waals surface area contributed by atoms with E-state index in [0.29, 0.717) is 17.3 Å². The smallest absolute Gasteiger partial charge is 0.376 e. The van der Waals surface area contributed by atoms with Gasteiger partial charge in [-0.05, 0) is 31.0 Å². The highest BCUT2D eigenvalue weighted by Gasteiger charge is 2.38. The van der Waals surface area contributed by atoms with Crippen LogP contribution in [0.25, 0.3) is 0 Å². The average Bonchev–Trinajstić information content (AvgIpc) is 3.12. The zero-order chi connectivity index (χ0) is 19.4. The summed E-state index contributed by atoms with van der Waals surface area (Å²) in [5.41, 5.74) is -1.53. The van der Waals surface area contributed by atoms with Crippen LogP contribution >= 0.6 is 11.6 Å². The van der Waals surface area contributed by atoms with Crippen LogP contribution in [0.2, 0.25) is 5.02 Å². The number of hydrogen-bond acceptors (Lipinski definition) is 5. The number of ether oxygens (including phenoxy) is 1. The van der Waals surface area contributed by atoms with Gasteiger partial charge in [-0.3, -0.25) is 4.79 Å². The molecule has 1 aliphatic rings. The van der Waals surface area contributed by atoms with Gasteiger partial charge in [-0.2, -0.15) is 13.2 Å². The van der Waals surface area contributed by atoms with Gasteiger partial charge in [0.1, 0.15) is 0 Å². The van der Waals surface area contributed by atoms with E-state index in [1.807, 2.05) is 0 Å². The molecule has 0 spiro atoms. The molecule has 1 aromatic carbocycles. The quantitative estimate of drug-likeness (QED) is 0.798. The van der Waals surface area contributed by atoms with E-state index in [0.717, 1.165) is 19.0 Å². The Balaban J connectivity index is 1.80. The molecule has 3 rings (SSSR count). The van der Waals surface area contributed by atoms with Crippen molar-refractivity contribution in [3.8, 4) is 0 Å². The summed E-state index contributed by atoms with van der Waals surface area (Å²) in [7, 11) is 0. The molecule has 2 aromatic rings. The molecule has 1 fully saturated rings. The molecule has 6 nitrogen and oxygen atoms in total. The Morgan fingerprint density at radius 1 is 1.37 bits per heavy atom. The molecule has 144 valence electrons. The van der Waals surface area contributed by atoms with E-state index in [-0.39, 0.29) is 18.6 Å². The molecular weight excluding hydrogens is 385 g/mol. The molecular formula is C17H16ClF3N4O2. The van der Waals surface area contributed by atoms with Crippen LogP contribution in [0.4, 0.5) is 24.8 Å². The minimum Gasteiger partial charge on any atom is -0.376 e. The summed E-state index contributed by atoms with van der Waals surface area (Å²) >= 11 is 5.85. The number of alkyl halides is 3. The lowest BCUT2D eigenvalue weighted by atomic mass is 10.2. The third-order valence-electron chi connectivity index (χ3n) is 3.90. The number of anilines is 2. The number of nitrogens with one attached hydrogen (secondary N) is 2. The summed E-state index contributed by atoms with van der Waals surface area (Å²) in [6.07, 6.45) is -2.53. The monoisotopic (exact) mass is 400 g/mol. The number of carbonyl (C=O) groups is 1. The summed E-state index contributed by atoms with van der Waals surface area (Å²) in [4.78, 5) is 19.5. The first kappa shape index (κ1) is 19.4. The lowest BCUT2D eigenvalue weighted by Crippen LogP contribution is -2.33. The van der Waals surface area contributed by atoms with E-state index in [2.05, 4.69) is 20.6 Å². The van der Waals surface area contributed by atoms with Crippen molar-refractivity contribution in [3.05, 3.63) is 46.7 Å². The molecule has 1 aromatic heterocycles. The van der Waals surface area contributed by atoms with Gasteiger partial charge in [-0.25, -0.2) is 9.97 Å². The zero-order valence-corrected chi connectivity index (χ0v) is 14.8. The molecule has 0 saturated carbocycles. The van der Waals surface area contributed by atoms with Crippen LogP contribution in [0, 0.1) is 0 Å². The summed E-state index contributed by atoms with van der Waals surface area (Å²) in [5, 5.41) is 5.49. The van der Waals surface area contributed by atoms with E-state index in [9.17, 15) is 18.0 Å². The Bertz CT molecular complexity index is 826. The molecule has 1 saturated heterocycles. The first-order valence-electron chi connectivity index (χ1n) is 8.19. The fourth-order valence-electron chi connectivity index (χ4n) is 2.63. The third-order valence-corrected chi connectivity index (χ3v) is 4.13. The van der Waals surface area contributed by atoms with E-state index in [1.54, 1.807) is 18.2 Å². The maximum atomic E-state index is 13.4. The summed E-state index contributed by atoms with van der Waals surface area (Å²) in [5.74, 6) is -1.19. The number of rotatable bonds is 5. The predicted octanol–water partition coefficient (Wildman–Crippen LogP) is 3.80. The number of aromatic nitrogens is 2. The molecule has 0 unspecified atom stereocenters. The second kappa shape index (κ2) is 8.10. The molecule has 0 bridgehead atoms. The largest absolute Gasteiger partial charge is 0.434 e. The molecule has 27 heavy (non-hydrogen) atoms. The standard InChI is InChI=1S/C17H16ClF3N4O2/c18-10-3-1-4-11(7-10)24-16-23-9-13(14(25-16)17(19,20)21)15(26)22-8-12-5-2-6-27-12/h1,3-4,7,9,12H,2,5-6,8H2,(H,22,26)(H,23,24,25)/t12-/m0/s1. The van der Waals surface area contributed by atoms with E-state index >= 15 is 0 Å². The molecule has 0 aliphatic carbocycles. The van der Waals surface area contributed by atoms with Crippen LogP contribution in [0.3, 0.4) is 0 Å². The number of hydrogen-bond donors (Lipinski definition) is 2. The van der Waals surface area contributed by atoms with Crippen molar-refractivity contribution in [3.63, 3.8) is 0 Å². The highest BCUT2D eigenvalue weighted by molar-refractivity contribution is 6.30. The first-order valence-corrected chi connectivity index (χ1v) is 8.57. The minimum atomic E-state index is -4.82. The van der Waals surface area contributed by atoms with Gasteiger partial charge in [-0.15, -0.1) is 0 Å². The number of amides is 1. The van der Waals surface area contributed by atoms with Gasteiger partial charge < -0.3 is 15.4 Å². The zero-order valence-electron chi connectivity index (χ0n) is 14.0. The van der Waals surface area contributed by atoms with Crippen LogP contribution in [-0.2, 0) is 10.9 Å². The maximum Gasteiger partial charge on any atom is 0.434 e. The third kappa shape index (κ3) is 5.08. The van der Waals surface area contributed by atoms with Crippen LogP contribution in [0.1, 0.15) is 28.9 Å². The Labute approximate surface area is 158 Å². The molecule has 10 heteroatoms. The molecule has 1 aliphatic heterocycles. The predicted molar refractivity (Wildman–Crippen MR) is 93.1 cm³/mol. The van der Waals surface area contributed by atoms with Crippen LogP contribution < -0.4 is 10.6 Å². The number of halogens is 4. The first-order chi connectivity index (χ1) is 12.8. The molecule has 2 heterocycles. The number of nitrogens with zero attached hydrogens (tertiary/aromatic N) is 2. The van der Waals surface area contributed by atoms with Gasteiger partial charge in [0.15, 0.2) is 5.69 Å². The second-order valence-corrected chi connectivity index (χ2v) is 6.37. The average molecular weight is 401 g/mol. The van der Waals surface area contributed by atoms with Crippen molar-refractivity contribution in [1.29, 1.82) is 0 Å².